The van der Waals surface area contributed by atoms with Gasteiger partial charge in [-0.25, -0.2) is 4.79 Å². The second-order valence-electron chi connectivity index (χ2n) is 4.42. The molecule has 1 aliphatic heterocycles. The highest BCUT2D eigenvalue weighted by Crippen LogP contribution is 2.20. The van der Waals surface area contributed by atoms with Crippen LogP contribution in [0.3, 0.4) is 0 Å². The Morgan fingerprint density at radius 2 is 2.33 bits per heavy atom. The van der Waals surface area contributed by atoms with Gasteiger partial charge in [0.25, 0.3) is 0 Å². The number of para-hydroxylation sites is 1. The molecule has 1 saturated heterocycles. The average molecular weight is 269 g/mol. The monoisotopic (exact) mass is 268 g/mol. The van der Waals surface area contributed by atoms with Gasteiger partial charge >= 0.3 is 6.09 Å². The first kappa shape index (κ1) is 13.2. The zero-order valence-corrected chi connectivity index (χ0v) is 10.9. The van der Waals surface area contributed by atoms with Gasteiger partial charge in [0.2, 0.25) is 0 Å². The van der Waals surface area contributed by atoms with Gasteiger partial charge in [0, 0.05) is 12.5 Å². The summed E-state index contributed by atoms with van der Waals surface area (Å²) >= 11 is 5.94. The second-order valence-corrected chi connectivity index (χ2v) is 4.82. The summed E-state index contributed by atoms with van der Waals surface area (Å²) in [7, 11) is 0. The predicted octanol–water partition coefficient (Wildman–Crippen LogP) is 2.89. The summed E-state index contributed by atoms with van der Waals surface area (Å²) in [5.41, 5.74) is 0.575. The van der Waals surface area contributed by atoms with Crippen molar-refractivity contribution in [3.05, 3.63) is 29.3 Å². The molecule has 1 aromatic rings. The third-order valence-electron chi connectivity index (χ3n) is 2.96. The van der Waals surface area contributed by atoms with Crippen LogP contribution in [0.5, 0.6) is 0 Å². The SMILES string of the molecule is O=C(Nc1ccccc1Cl)OCC1CCCNC1. The molecule has 1 aliphatic rings. The van der Waals surface area contributed by atoms with Gasteiger partial charge in [-0.3, -0.25) is 5.32 Å². The Hall–Kier alpha value is -1.26. The van der Waals surface area contributed by atoms with Gasteiger partial charge in [-0.2, -0.15) is 0 Å². The van der Waals surface area contributed by atoms with E-state index in [0.29, 0.717) is 23.2 Å². The summed E-state index contributed by atoms with van der Waals surface area (Å²) in [4.78, 5) is 11.6. The summed E-state index contributed by atoms with van der Waals surface area (Å²) in [6.45, 7) is 2.42. The van der Waals surface area contributed by atoms with E-state index in [-0.39, 0.29) is 0 Å². The largest absolute Gasteiger partial charge is 0.449 e. The summed E-state index contributed by atoms with van der Waals surface area (Å²) in [6, 6.07) is 7.09. The minimum absolute atomic E-state index is 0.413. The normalized spacial score (nSPS) is 19.3. The van der Waals surface area contributed by atoms with Gasteiger partial charge < -0.3 is 10.1 Å². The van der Waals surface area contributed by atoms with Crippen molar-refractivity contribution in [1.82, 2.24) is 5.32 Å². The van der Waals surface area contributed by atoms with Crippen molar-refractivity contribution < 1.29 is 9.53 Å². The minimum Gasteiger partial charge on any atom is -0.449 e. The fraction of sp³-hybridized carbons (Fsp3) is 0.462. The molecule has 1 unspecified atom stereocenters. The van der Waals surface area contributed by atoms with Gasteiger partial charge in [0.05, 0.1) is 17.3 Å². The molecule has 1 atom stereocenters. The molecule has 0 aliphatic carbocycles. The van der Waals surface area contributed by atoms with E-state index >= 15 is 0 Å². The van der Waals surface area contributed by atoms with Crippen LogP contribution in [0.25, 0.3) is 0 Å². The van der Waals surface area contributed by atoms with Crippen LogP contribution < -0.4 is 10.6 Å². The van der Waals surface area contributed by atoms with E-state index in [0.717, 1.165) is 25.9 Å². The van der Waals surface area contributed by atoms with Crippen LogP contribution in [0, 0.1) is 5.92 Å². The van der Waals surface area contributed by atoms with Crippen molar-refractivity contribution in [3.63, 3.8) is 0 Å². The molecule has 1 fully saturated rings. The Bertz CT molecular complexity index is 406. The van der Waals surface area contributed by atoms with Gasteiger partial charge in [0.15, 0.2) is 0 Å². The van der Waals surface area contributed by atoms with Crippen LogP contribution in [0.4, 0.5) is 10.5 Å². The molecular weight excluding hydrogens is 252 g/mol. The molecule has 18 heavy (non-hydrogen) atoms. The predicted molar refractivity (Wildman–Crippen MR) is 72.0 cm³/mol. The van der Waals surface area contributed by atoms with Gasteiger partial charge in [-0.15, -0.1) is 0 Å². The molecule has 4 nitrogen and oxygen atoms in total. The smallest absolute Gasteiger partial charge is 0.411 e. The van der Waals surface area contributed by atoms with Crippen molar-refractivity contribution in [1.29, 1.82) is 0 Å². The fourth-order valence-corrected chi connectivity index (χ4v) is 2.15. The number of ether oxygens (including phenoxy) is 1. The summed E-state index contributed by atoms with van der Waals surface area (Å²) in [6.07, 6.45) is 1.79. The topological polar surface area (TPSA) is 50.4 Å². The lowest BCUT2D eigenvalue weighted by Gasteiger charge is -2.22. The van der Waals surface area contributed by atoms with Crippen LogP contribution in [0.1, 0.15) is 12.8 Å². The molecular formula is C13H17ClN2O2. The van der Waals surface area contributed by atoms with E-state index in [4.69, 9.17) is 16.3 Å². The van der Waals surface area contributed by atoms with Crippen LogP contribution in [0.15, 0.2) is 24.3 Å². The zero-order chi connectivity index (χ0) is 12.8. The lowest BCUT2D eigenvalue weighted by Crippen LogP contribution is -2.33. The van der Waals surface area contributed by atoms with E-state index in [1.165, 1.54) is 0 Å². The van der Waals surface area contributed by atoms with Gasteiger partial charge in [-0.1, -0.05) is 23.7 Å². The van der Waals surface area contributed by atoms with Crippen LogP contribution in [-0.4, -0.2) is 25.8 Å². The second kappa shape index (κ2) is 6.61. The Labute approximate surface area is 112 Å². The molecule has 1 heterocycles. The average Bonchev–Trinajstić information content (AvgIpc) is 2.40. The van der Waals surface area contributed by atoms with Crippen LogP contribution >= 0.6 is 11.6 Å². The number of hydrogen-bond acceptors (Lipinski definition) is 3. The Morgan fingerprint density at radius 3 is 3.06 bits per heavy atom. The van der Waals surface area contributed by atoms with Crippen molar-refractivity contribution in [3.8, 4) is 0 Å². The number of amides is 1. The summed E-state index contributed by atoms with van der Waals surface area (Å²) < 4.78 is 5.19. The van der Waals surface area contributed by atoms with E-state index in [1.807, 2.05) is 12.1 Å². The van der Waals surface area contributed by atoms with E-state index in [1.54, 1.807) is 12.1 Å². The number of rotatable bonds is 3. The highest BCUT2D eigenvalue weighted by atomic mass is 35.5. The van der Waals surface area contributed by atoms with Gasteiger partial charge in [-0.05, 0) is 31.5 Å². The Morgan fingerprint density at radius 1 is 1.50 bits per heavy atom. The highest BCUT2D eigenvalue weighted by molar-refractivity contribution is 6.33. The lowest BCUT2D eigenvalue weighted by molar-refractivity contribution is 0.132. The standard InChI is InChI=1S/C13H17ClN2O2/c14-11-5-1-2-6-12(11)16-13(17)18-9-10-4-3-7-15-8-10/h1-2,5-6,10,15H,3-4,7-9H2,(H,16,17). The maximum Gasteiger partial charge on any atom is 0.411 e. The molecule has 0 spiro atoms. The number of hydrogen-bond donors (Lipinski definition) is 2. The van der Waals surface area contributed by atoms with Crippen molar-refractivity contribution in [2.75, 3.05) is 25.0 Å². The van der Waals surface area contributed by atoms with Crippen molar-refractivity contribution in [2.24, 2.45) is 5.92 Å². The molecule has 0 saturated carbocycles. The molecule has 0 bridgehead atoms. The maximum atomic E-state index is 11.6. The van der Waals surface area contributed by atoms with Crippen LogP contribution in [0.2, 0.25) is 5.02 Å². The fourth-order valence-electron chi connectivity index (χ4n) is 1.97. The number of anilines is 1. The number of carbonyl (C=O) groups excluding carboxylic acids is 1. The maximum absolute atomic E-state index is 11.6. The highest BCUT2D eigenvalue weighted by Gasteiger charge is 2.15. The third kappa shape index (κ3) is 3.89. The summed E-state index contributed by atoms with van der Waals surface area (Å²) in [5, 5.41) is 6.43. The Balaban J connectivity index is 1.76. The van der Waals surface area contributed by atoms with Crippen molar-refractivity contribution >= 4 is 23.4 Å². The lowest BCUT2D eigenvalue weighted by atomic mass is 10.0. The number of nitrogens with one attached hydrogen (secondary N) is 2. The van der Waals surface area contributed by atoms with Crippen LogP contribution in [-0.2, 0) is 4.74 Å². The number of halogens is 1. The van der Waals surface area contributed by atoms with E-state index in [2.05, 4.69) is 10.6 Å². The molecule has 0 radical (unpaired) electrons. The first-order valence-corrected chi connectivity index (χ1v) is 6.52. The minimum atomic E-state index is -0.450. The van der Waals surface area contributed by atoms with E-state index < -0.39 is 6.09 Å². The first-order chi connectivity index (χ1) is 8.75. The zero-order valence-electron chi connectivity index (χ0n) is 10.1. The Kier molecular flexibility index (Phi) is 4.84. The first-order valence-electron chi connectivity index (χ1n) is 6.15. The summed E-state index contributed by atoms with van der Waals surface area (Å²) in [5.74, 6) is 0.413. The van der Waals surface area contributed by atoms with Crippen molar-refractivity contribution in [2.45, 2.75) is 12.8 Å². The molecule has 98 valence electrons. The molecule has 1 aromatic carbocycles. The number of benzene rings is 1. The number of carbonyl (C=O) groups is 1. The van der Waals surface area contributed by atoms with Gasteiger partial charge in [0.1, 0.15) is 0 Å². The molecule has 5 heteroatoms. The van der Waals surface area contributed by atoms with E-state index in [9.17, 15) is 4.79 Å². The third-order valence-corrected chi connectivity index (χ3v) is 3.29. The quantitative estimate of drug-likeness (QED) is 0.886. The number of piperidine rings is 1. The molecule has 2 N–H and O–H groups in total. The molecule has 2 rings (SSSR count). The molecule has 0 aromatic heterocycles. The molecule has 1 amide bonds.